The Balaban J connectivity index is 1.39. The van der Waals surface area contributed by atoms with Crippen molar-refractivity contribution in [3.63, 3.8) is 0 Å². The molecular weight excluding hydrogens is 1270 g/mol. The second kappa shape index (κ2) is 62.1. The van der Waals surface area contributed by atoms with E-state index >= 15 is 0 Å². The van der Waals surface area contributed by atoms with Crippen molar-refractivity contribution in [2.75, 3.05) is 26.4 Å². The van der Waals surface area contributed by atoms with E-state index in [-0.39, 0.29) is 18.9 Å². The van der Waals surface area contributed by atoms with Crippen molar-refractivity contribution < 1.29 is 89.4 Å². The van der Waals surface area contributed by atoms with Crippen LogP contribution in [0.3, 0.4) is 0 Å². The summed E-state index contributed by atoms with van der Waals surface area (Å²) < 4.78 is 34.4. The molecule has 3 rings (SSSR count). The highest BCUT2D eigenvalue weighted by molar-refractivity contribution is 5.76. The zero-order chi connectivity index (χ0) is 72.5. The number of carbonyl (C=O) groups excluding carboxylic acids is 1. The molecular formula is C81H151NO18. The van der Waals surface area contributed by atoms with Crippen molar-refractivity contribution in [2.24, 2.45) is 0 Å². The van der Waals surface area contributed by atoms with E-state index in [1.807, 2.05) is 6.08 Å². The number of aliphatic hydroxyl groups excluding tert-OH is 11. The van der Waals surface area contributed by atoms with Crippen LogP contribution in [-0.4, -0.2) is 193 Å². The van der Waals surface area contributed by atoms with Crippen LogP contribution in [0.2, 0.25) is 0 Å². The summed E-state index contributed by atoms with van der Waals surface area (Å²) in [6, 6.07) is -0.996. The van der Waals surface area contributed by atoms with E-state index in [0.717, 1.165) is 44.9 Å². The molecule has 3 fully saturated rings. The van der Waals surface area contributed by atoms with Crippen molar-refractivity contribution >= 4 is 5.91 Å². The molecule has 0 radical (unpaired) electrons. The molecule has 12 N–H and O–H groups in total. The Bertz CT molecular complexity index is 1950. The molecule has 0 spiro atoms. The average Bonchev–Trinajstić information content (AvgIpc) is 0.782. The number of allylic oxidation sites excluding steroid dienone is 5. The highest BCUT2D eigenvalue weighted by Gasteiger charge is 2.54. The zero-order valence-corrected chi connectivity index (χ0v) is 62.9. The van der Waals surface area contributed by atoms with Gasteiger partial charge in [0.15, 0.2) is 18.9 Å². The van der Waals surface area contributed by atoms with Crippen LogP contribution >= 0.6 is 0 Å². The summed E-state index contributed by atoms with van der Waals surface area (Å²) in [7, 11) is 0. The van der Waals surface area contributed by atoms with Crippen LogP contribution in [-0.2, 0) is 33.2 Å². The summed E-state index contributed by atoms with van der Waals surface area (Å²) in [6.45, 7) is 1.77. The summed E-state index contributed by atoms with van der Waals surface area (Å²) in [4.78, 5) is 13.5. The number of unbranched alkanes of at least 4 members (excludes halogenated alkanes) is 46. The largest absolute Gasteiger partial charge is 0.394 e. The minimum absolute atomic E-state index is 0.236. The fraction of sp³-hybridized carbons (Fsp3) is 0.914. The molecule has 588 valence electrons. The first-order valence-corrected chi connectivity index (χ1v) is 41.2. The number of aliphatic hydroxyl groups is 11. The maximum atomic E-state index is 13.5. The van der Waals surface area contributed by atoms with Gasteiger partial charge >= 0.3 is 0 Å². The van der Waals surface area contributed by atoms with Crippen LogP contribution in [0.15, 0.2) is 36.5 Å². The molecule has 3 aliphatic heterocycles. The van der Waals surface area contributed by atoms with Gasteiger partial charge in [-0.25, -0.2) is 0 Å². The lowest BCUT2D eigenvalue weighted by Gasteiger charge is -2.48. The summed E-state index contributed by atoms with van der Waals surface area (Å²) in [5, 5.41) is 121. The Morgan fingerprint density at radius 3 is 1.00 bits per heavy atom. The maximum Gasteiger partial charge on any atom is 0.220 e. The zero-order valence-electron chi connectivity index (χ0n) is 62.9. The van der Waals surface area contributed by atoms with Gasteiger partial charge in [0.05, 0.1) is 38.6 Å². The molecule has 0 aromatic heterocycles. The van der Waals surface area contributed by atoms with E-state index < -0.39 is 124 Å². The molecule has 0 bridgehead atoms. The number of nitrogens with one attached hydrogen (secondary N) is 1. The van der Waals surface area contributed by atoms with E-state index in [4.69, 9.17) is 28.4 Å². The number of amides is 1. The Morgan fingerprint density at radius 2 is 0.640 bits per heavy atom. The summed E-state index contributed by atoms with van der Waals surface area (Å²) in [5.41, 5.74) is 0. The fourth-order valence-corrected chi connectivity index (χ4v) is 14.1. The third-order valence-corrected chi connectivity index (χ3v) is 20.7. The molecule has 0 aliphatic carbocycles. The molecule has 19 nitrogen and oxygen atoms in total. The molecule has 3 heterocycles. The van der Waals surface area contributed by atoms with Crippen molar-refractivity contribution in [2.45, 2.75) is 446 Å². The number of rotatable bonds is 66. The lowest BCUT2D eigenvalue weighted by molar-refractivity contribution is -0.379. The fourth-order valence-electron chi connectivity index (χ4n) is 14.1. The van der Waals surface area contributed by atoms with Gasteiger partial charge in [-0.15, -0.1) is 0 Å². The van der Waals surface area contributed by atoms with Crippen LogP contribution in [0.1, 0.15) is 341 Å². The highest BCUT2D eigenvalue weighted by Crippen LogP contribution is 2.33. The van der Waals surface area contributed by atoms with Gasteiger partial charge in [-0.05, 0) is 44.9 Å². The van der Waals surface area contributed by atoms with Gasteiger partial charge in [-0.1, -0.05) is 326 Å². The van der Waals surface area contributed by atoms with Crippen molar-refractivity contribution in [3.8, 4) is 0 Å². The molecule has 17 unspecified atom stereocenters. The topological polar surface area (TPSA) is 307 Å². The first kappa shape index (κ1) is 92.2. The van der Waals surface area contributed by atoms with E-state index in [0.29, 0.717) is 12.8 Å². The van der Waals surface area contributed by atoms with Gasteiger partial charge in [0.25, 0.3) is 0 Å². The standard InChI is InChI=1S/C81H151NO18/c1-3-5-7-9-11-13-15-17-19-21-23-25-27-29-30-31-32-33-34-35-36-38-40-42-44-46-48-50-52-54-56-58-65(86)64(82-69(87)59-57-55-53-51-49-47-45-43-41-39-37-28-26-24-22-20-18-16-14-12-10-8-6-4-2)63-95-79-75(93)72(90)77(67(61-84)97-79)100-81-76(94)73(91)78(68(62-85)98-81)99-80-74(92)71(89)70(88)66(60-83)96-80/h40,42,48,50,56,58,64-68,70-81,83-86,88-94H,3-39,41,43-47,49,51-55,57,59-63H2,1-2H3,(H,82,87)/b42-40+,50-48+,58-56+. The Kier molecular flexibility index (Phi) is 57.3. The number of ether oxygens (including phenoxy) is 6. The lowest BCUT2D eigenvalue weighted by atomic mass is 9.96. The molecule has 1 amide bonds. The molecule has 0 aromatic carbocycles. The maximum absolute atomic E-state index is 13.5. The minimum atomic E-state index is -1.98. The van der Waals surface area contributed by atoms with E-state index in [1.54, 1.807) is 6.08 Å². The van der Waals surface area contributed by atoms with Crippen LogP contribution < -0.4 is 5.32 Å². The van der Waals surface area contributed by atoms with E-state index in [1.165, 1.54) is 263 Å². The van der Waals surface area contributed by atoms with Gasteiger partial charge in [0, 0.05) is 6.42 Å². The quantitative estimate of drug-likeness (QED) is 0.0199. The monoisotopic (exact) mass is 1430 g/mol. The second-order valence-electron chi connectivity index (χ2n) is 29.6. The smallest absolute Gasteiger partial charge is 0.220 e. The second-order valence-corrected chi connectivity index (χ2v) is 29.6. The lowest BCUT2D eigenvalue weighted by Crippen LogP contribution is -2.66. The van der Waals surface area contributed by atoms with E-state index in [2.05, 4.69) is 43.5 Å². The Hall–Kier alpha value is -1.99. The predicted octanol–water partition coefficient (Wildman–Crippen LogP) is 13.9. The van der Waals surface area contributed by atoms with Gasteiger partial charge in [-0.2, -0.15) is 0 Å². The third kappa shape index (κ3) is 41.8. The number of carbonyl (C=O) groups is 1. The van der Waals surface area contributed by atoms with Gasteiger partial charge in [0.2, 0.25) is 5.91 Å². The molecule has 0 aromatic rings. The normalized spacial score (nSPS) is 26.6. The molecule has 19 heteroatoms. The summed E-state index contributed by atoms with van der Waals surface area (Å²) in [5.74, 6) is -0.283. The van der Waals surface area contributed by atoms with Gasteiger partial charge < -0.3 is 89.9 Å². The molecule has 100 heavy (non-hydrogen) atoms. The molecule has 3 aliphatic rings. The Labute approximate surface area is 606 Å². The van der Waals surface area contributed by atoms with Crippen molar-refractivity contribution in [3.05, 3.63) is 36.5 Å². The van der Waals surface area contributed by atoms with Crippen molar-refractivity contribution in [1.29, 1.82) is 0 Å². The van der Waals surface area contributed by atoms with Gasteiger partial charge in [0.1, 0.15) is 73.2 Å². The van der Waals surface area contributed by atoms with Crippen LogP contribution in [0, 0.1) is 0 Å². The molecule has 0 saturated carbocycles. The Morgan fingerprint density at radius 1 is 0.350 bits per heavy atom. The first-order chi connectivity index (χ1) is 48.8. The first-order valence-electron chi connectivity index (χ1n) is 41.2. The summed E-state index contributed by atoms with van der Waals surface area (Å²) in [6.07, 6.45) is 50.0. The third-order valence-electron chi connectivity index (χ3n) is 20.7. The van der Waals surface area contributed by atoms with Crippen LogP contribution in [0.25, 0.3) is 0 Å². The van der Waals surface area contributed by atoms with Gasteiger partial charge in [-0.3, -0.25) is 4.79 Å². The predicted molar refractivity (Wildman–Crippen MR) is 397 cm³/mol. The number of hydrogen-bond donors (Lipinski definition) is 12. The average molecular weight is 1430 g/mol. The minimum Gasteiger partial charge on any atom is -0.394 e. The van der Waals surface area contributed by atoms with Crippen LogP contribution in [0.4, 0.5) is 0 Å². The molecule has 17 atom stereocenters. The van der Waals surface area contributed by atoms with E-state index in [9.17, 15) is 61.0 Å². The highest BCUT2D eigenvalue weighted by atomic mass is 16.8. The number of hydrogen-bond acceptors (Lipinski definition) is 18. The van der Waals surface area contributed by atoms with Crippen LogP contribution in [0.5, 0.6) is 0 Å². The molecule has 3 saturated heterocycles. The SMILES string of the molecule is CCCCCCCCCCCCCCCCCCCCCCC/C=C/CC/C=C/CC/C=C/C(O)C(COC1OC(CO)C(OC2OC(CO)C(OC3OC(CO)C(O)C(O)C3O)C(O)C2O)C(O)C1O)NC(=O)CCCCCCCCCCCCCCCCCCCCCCCCCC. The summed E-state index contributed by atoms with van der Waals surface area (Å²) >= 11 is 0. The van der Waals surface area contributed by atoms with Crippen molar-refractivity contribution in [1.82, 2.24) is 5.32 Å².